The molecule has 1 aromatic heterocycles. The summed E-state index contributed by atoms with van der Waals surface area (Å²) < 4.78 is 28.2. The molecular formula is C11H8Br2N2O4S2. The fourth-order valence-corrected chi connectivity index (χ4v) is 4.77. The zero-order valence-electron chi connectivity index (χ0n) is 10.2. The van der Waals surface area contributed by atoms with Crippen LogP contribution in [0.4, 0.5) is 5.69 Å². The van der Waals surface area contributed by atoms with E-state index >= 15 is 0 Å². The summed E-state index contributed by atoms with van der Waals surface area (Å²) in [7, 11) is -3.98. The van der Waals surface area contributed by atoms with Crippen LogP contribution in [0.2, 0.25) is 0 Å². The summed E-state index contributed by atoms with van der Waals surface area (Å²) in [6.07, 6.45) is 0. The fourth-order valence-electron chi connectivity index (χ4n) is 1.54. The molecule has 0 saturated carbocycles. The lowest BCUT2D eigenvalue weighted by molar-refractivity contribution is -0.387. The van der Waals surface area contributed by atoms with Gasteiger partial charge in [0.25, 0.3) is 5.69 Å². The normalized spacial score (nSPS) is 11.5. The molecular weight excluding hydrogens is 448 g/mol. The highest BCUT2D eigenvalue weighted by atomic mass is 79.9. The highest BCUT2D eigenvalue weighted by Crippen LogP contribution is 2.28. The van der Waals surface area contributed by atoms with Crippen LogP contribution < -0.4 is 4.72 Å². The lowest BCUT2D eigenvalue weighted by Crippen LogP contribution is -2.23. The Morgan fingerprint density at radius 3 is 2.52 bits per heavy atom. The topological polar surface area (TPSA) is 89.3 Å². The number of thiophene rings is 1. The maximum absolute atomic E-state index is 12.2. The van der Waals surface area contributed by atoms with Gasteiger partial charge in [-0.1, -0.05) is 15.9 Å². The van der Waals surface area contributed by atoms with E-state index in [2.05, 4.69) is 36.6 Å². The molecule has 0 amide bonds. The van der Waals surface area contributed by atoms with Crippen LogP contribution in [0.1, 0.15) is 4.88 Å². The van der Waals surface area contributed by atoms with Crippen LogP contribution in [0.25, 0.3) is 0 Å². The summed E-state index contributed by atoms with van der Waals surface area (Å²) in [4.78, 5) is 10.7. The molecule has 1 N–H and O–H groups in total. The number of nitro benzene ring substituents is 1. The van der Waals surface area contributed by atoms with Gasteiger partial charge in [-0.2, -0.15) is 0 Å². The van der Waals surface area contributed by atoms with Crippen molar-refractivity contribution in [3.05, 3.63) is 53.6 Å². The van der Waals surface area contributed by atoms with Gasteiger partial charge in [-0.25, -0.2) is 13.1 Å². The smallest absolute Gasteiger partial charge is 0.258 e. The summed E-state index contributed by atoms with van der Waals surface area (Å²) in [5.41, 5.74) is -0.460. The monoisotopic (exact) mass is 454 g/mol. The number of nitrogens with one attached hydrogen (secondary N) is 1. The van der Waals surface area contributed by atoms with Crippen LogP contribution in [0.5, 0.6) is 0 Å². The van der Waals surface area contributed by atoms with Gasteiger partial charge in [-0.05, 0) is 40.2 Å². The van der Waals surface area contributed by atoms with E-state index in [1.807, 2.05) is 0 Å². The van der Waals surface area contributed by atoms with Crippen molar-refractivity contribution in [2.24, 2.45) is 0 Å². The Bertz CT molecular complexity index is 789. The van der Waals surface area contributed by atoms with E-state index in [1.54, 1.807) is 12.1 Å². The Hall–Kier alpha value is -0.810. The van der Waals surface area contributed by atoms with Gasteiger partial charge in [0.15, 0.2) is 4.90 Å². The van der Waals surface area contributed by atoms with Gasteiger partial charge >= 0.3 is 0 Å². The first kappa shape index (κ1) is 16.6. The van der Waals surface area contributed by atoms with Gasteiger partial charge in [-0.15, -0.1) is 11.3 Å². The van der Waals surface area contributed by atoms with Gasteiger partial charge in [0.2, 0.25) is 10.0 Å². The summed E-state index contributed by atoms with van der Waals surface area (Å²) in [5.74, 6) is 0. The highest BCUT2D eigenvalue weighted by Gasteiger charge is 2.25. The highest BCUT2D eigenvalue weighted by molar-refractivity contribution is 9.11. The Kier molecular flexibility index (Phi) is 5.15. The van der Waals surface area contributed by atoms with Crippen molar-refractivity contribution in [1.82, 2.24) is 4.72 Å². The molecule has 0 aliphatic carbocycles. The van der Waals surface area contributed by atoms with Gasteiger partial charge in [0, 0.05) is 22.0 Å². The van der Waals surface area contributed by atoms with Crippen LogP contribution in [-0.2, 0) is 16.6 Å². The molecule has 0 fully saturated rings. The Labute approximate surface area is 141 Å². The predicted molar refractivity (Wildman–Crippen MR) is 86.8 cm³/mol. The molecule has 0 bridgehead atoms. The molecule has 1 aromatic carbocycles. The van der Waals surface area contributed by atoms with Crippen molar-refractivity contribution in [3.63, 3.8) is 0 Å². The van der Waals surface area contributed by atoms with Crippen LogP contribution >= 0.6 is 43.2 Å². The quantitative estimate of drug-likeness (QED) is 0.550. The zero-order valence-corrected chi connectivity index (χ0v) is 15.1. The van der Waals surface area contributed by atoms with Gasteiger partial charge < -0.3 is 0 Å². The first-order valence-electron chi connectivity index (χ1n) is 5.47. The number of hydrogen-bond acceptors (Lipinski definition) is 5. The minimum absolute atomic E-state index is 0.0717. The summed E-state index contributed by atoms with van der Waals surface area (Å²) >= 11 is 7.79. The second-order valence-corrected chi connectivity index (χ2v) is 9.10. The lowest BCUT2D eigenvalue weighted by Gasteiger charge is -2.07. The molecule has 0 unspecified atom stereocenters. The maximum Gasteiger partial charge on any atom is 0.289 e. The van der Waals surface area contributed by atoms with Gasteiger partial charge in [0.05, 0.1) is 8.71 Å². The number of nitro groups is 1. The second-order valence-electron chi connectivity index (χ2n) is 3.90. The van der Waals surface area contributed by atoms with Crippen molar-refractivity contribution >= 4 is 58.9 Å². The number of nitrogens with zero attached hydrogens (tertiary/aromatic N) is 1. The Morgan fingerprint density at radius 2 is 1.95 bits per heavy atom. The molecule has 21 heavy (non-hydrogen) atoms. The largest absolute Gasteiger partial charge is 0.289 e. The molecule has 6 nitrogen and oxygen atoms in total. The summed E-state index contributed by atoms with van der Waals surface area (Å²) in [6, 6.07) is 7.36. The molecule has 2 aromatic rings. The van der Waals surface area contributed by atoms with Crippen molar-refractivity contribution in [2.75, 3.05) is 0 Å². The first-order chi connectivity index (χ1) is 9.79. The minimum Gasteiger partial charge on any atom is -0.258 e. The van der Waals surface area contributed by atoms with Crippen molar-refractivity contribution in [2.45, 2.75) is 11.4 Å². The van der Waals surface area contributed by atoms with E-state index < -0.39 is 20.6 Å². The zero-order chi connectivity index (χ0) is 15.6. The predicted octanol–water partition coefficient (Wildman–Crippen LogP) is 3.66. The van der Waals surface area contributed by atoms with Crippen LogP contribution in [0.3, 0.4) is 0 Å². The number of hydrogen-bond donors (Lipinski definition) is 1. The molecule has 1 heterocycles. The molecule has 112 valence electrons. The summed E-state index contributed by atoms with van der Waals surface area (Å²) in [5, 5.41) is 11.0. The number of benzene rings is 1. The Balaban J connectivity index is 2.31. The number of sulfonamides is 1. The molecule has 0 saturated heterocycles. The third-order valence-electron chi connectivity index (χ3n) is 2.47. The van der Waals surface area contributed by atoms with Crippen LogP contribution in [0, 0.1) is 10.1 Å². The molecule has 2 rings (SSSR count). The molecule has 0 radical (unpaired) electrons. The number of halogens is 2. The maximum atomic E-state index is 12.2. The molecule has 0 spiro atoms. The van der Waals surface area contributed by atoms with Gasteiger partial charge in [-0.3, -0.25) is 10.1 Å². The molecule has 10 heteroatoms. The lowest BCUT2D eigenvalue weighted by atomic mass is 10.3. The first-order valence-corrected chi connectivity index (χ1v) is 9.36. The fraction of sp³-hybridized carbons (Fsp3) is 0.0909. The van der Waals surface area contributed by atoms with E-state index in [0.29, 0.717) is 4.47 Å². The minimum atomic E-state index is -3.98. The van der Waals surface area contributed by atoms with Crippen LogP contribution in [0.15, 0.2) is 43.5 Å². The molecule has 0 atom stereocenters. The van der Waals surface area contributed by atoms with E-state index in [-0.39, 0.29) is 11.4 Å². The summed E-state index contributed by atoms with van der Waals surface area (Å²) in [6.45, 7) is 0.0717. The average Bonchev–Trinajstić information content (AvgIpc) is 2.82. The van der Waals surface area contributed by atoms with E-state index in [9.17, 15) is 18.5 Å². The SMILES string of the molecule is O=[N+]([O-])c1ccc(Br)cc1S(=O)(=O)NCc1ccc(Br)s1. The second kappa shape index (κ2) is 6.53. The standard InChI is InChI=1S/C11H8Br2N2O4S2/c12-7-1-3-9(15(16)17)10(5-7)21(18,19)14-6-8-2-4-11(13)20-8/h1-5,14H,6H2. The third-order valence-corrected chi connectivity index (χ3v) is 6.02. The Morgan fingerprint density at radius 1 is 1.24 bits per heavy atom. The third kappa shape index (κ3) is 4.10. The van der Waals surface area contributed by atoms with E-state index in [4.69, 9.17) is 0 Å². The van der Waals surface area contributed by atoms with E-state index in [1.165, 1.54) is 23.5 Å². The average molecular weight is 456 g/mol. The van der Waals surface area contributed by atoms with Crippen molar-refractivity contribution in [1.29, 1.82) is 0 Å². The van der Waals surface area contributed by atoms with Crippen molar-refractivity contribution in [3.8, 4) is 0 Å². The van der Waals surface area contributed by atoms with E-state index in [0.717, 1.165) is 14.7 Å². The molecule has 0 aliphatic rings. The van der Waals surface area contributed by atoms with Crippen LogP contribution in [-0.4, -0.2) is 13.3 Å². The molecule has 0 aliphatic heterocycles. The van der Waals surface area contributed by atoms with Gasteiger partial charge in [0.1, 0.15) is 0 Å². The van der Waals surface area contributed by atoms with Crippen molar-refractivity contribution < 1.29 is 13.3 Å². The number of rotatable bonds is 5.